The van der Waals surface area contributed by atoms with E-state index in [2.05, 4.69) is 29.9 Å². The van der Waals surface area contributed by atoms with Crippen molar-refractivity contribution in [3.8, 4) is 11.4 Å². The molecular formula is C23H26FN7O2. The molecule has 0 radical (unpaired) electrons. The topological polar surface area (TPSA) is 91.5 Å². The summed E-state index contributed by atoms with van der Waals surface area (Å²) in [5.41, 5.74) is 0.717. The number of likely N-dealkylation sites (tertiary alicyclic amines) is 1. The van der Waals surface area contributed by atoms with Crippen molar-refractivity contribution in [2.75, 3.05) is 50.7 Å². The molecule has 1 unspecified atom stereocenters. The second-order valence-corrected chi connectivity index (χ2v) is 8.45. The summed E-state index contributed by atoms with van der Waals surface area (Å²) in [4.78, 5) is 32.2. The first kappa shape index (κ1) is 21.4. The maximum atomic E-state index is 13.2. The number of piperidine rings is 1. The molecule has 0 N–H and O–H groups in total. The summed E-state index contributed by atoms with van der Waals surface area (Å²) in [5.74, 6) is 1.66. The molecule has 0 saturated carbocycles. The lowest BCUT2D eigenvalue weighted by Gasteiger charge is -2.37. The smallest absolute Gasteiger partial charge is 0.236 e. The predicted octanol–water partition coefficient (Wildman–Crippen LogP) is 2.19. The molecule has 2 aliphatic heterocycles. The molecule has 0 aliphatic carbocycles. The molecule has 3 aromatic rings. The van der Waals surface area contributed by atoms with Crippen LogP contribution in [0.2, 0.25) is 0 Å². The first-order valence-electron chi connectivity index (χ1n) is 11.3. The number of anilines is 1. The number of halogens is 1. The van der Waals surface area contributed by atoms with Crippen molar-refractivity contribution < 1.29 is 13.7 Å². The Morgan fingerprint density at radius 1 is 1.06 bits per heavy atom. The third kappa shape index (κ3) is 5.00. The van der Waals surface area contributed by atoms with Crippen LogP contribution >= 0.6 is 0 Å². The second kappa shape index (κ2) is 9.62. The van der Waals surface area contributed by atoms with Gasteiger partial charge in [-0.1, -0.05) is 5.16 Å². The zero-order valence-electron chi connectivity index (χ0n) is 18.3. The number of benzene rings is 1. The molecule has 5 rings (SSSR count). The van der Waals surface area contributed by atoms with E-state index in [1.165, 1.54) is 12.1 Å². The average molecular weight is 452 g/mol. The number of rotatable bonds is 5. The Morgan fingerprint density at radius 2 is 1.82 bits per heavy atom. The molecule has 0 spiro atoms. The monoisotopic (exact) mass is 451 g/mol. The fraction of sp³-hybridized carbons (Fsp3) is 0.435. The van der Waals surface area contributed by atoms with E-state index in [0.717, 1.165) is 32.5 Å². The summed E-state index contributed by atoms with van der Waals surface area (Å²) in [6, 6.07) is 7.84. The van der Waals surface area contributed by atoms with Crippen LogP contribution in [0.1, 0.15) is 24.7 Å². The van der Waals surface area contributed by atoms with Gasteiger partial charge in [0.15, 0.2) is 0 Å². The molecule has 2 fully saturated rings. The Morgan fingerprint density at radius 3 is 2.58 bits per heavy atom. The van der Waals surface area contributed by atoms with E-state index in [9.17, 15) is 9.18 Å². The molecule has 9 nitrogen and oxygen atoms in total. The van der Waals surface area contributed by atoms with Gasteiger partial charge < -0.3 is 14.3 Å². The van der Waals surface area contributed by atoms with Gasteiger partial charge >= 0.3 is 0 Å². The van der Waals surface area contributed by atoms with Gasteiger partial charge in [0.05, 0.1) is 12.5 Å². The lowest BCUT2D eigenvalue weighted by molar-refractivity contribution is -0.133. The maximum absolute atomic E-state index is 13.2. The van der Waals surface area contributed by atoms with Crippen LogP contribution in [-0.2, 0) is 4.79 Å². The van der Waals surface area contributed by atoms with Crippen LogP contribution < -0.4 is 4.90 Å². The van der Waals surface area contributed by atoms with Crippen molar-refractivity contribution in [3.05, 3.63) is 54.4 Å². The molecule has 1 atom stereocenters. The number of nitrogens with zero attached hydrogens (tertiary/aromatic N) is 7. The van der Waals surface area contributed by atoms with Crippen LogP contribution in [0.5, 0.6) is 0 Å². The molecular weight excluding hydrogens is 425 g/mol. The first-order chi connectivity index (χ1) is 16.2. The van der Waals surface area contributed by atoms with Gasteiger partial charge in [-0.15, -0.1) is 0 Å². The molecule has 172 valence electrons. The second-order valence-electron chi connectivity index (χ2n) is 8.45. The van der Waals surface area contributed by atoms with Crippen LogP contribution in [-0.4, -0.2) is 81.6 Å². The molecule has 33 heavy (non-hydrogen) atoms. The number of aromatic nitrogens is 4. The highest BCUT2D eigenvalue weighted by molar-refractivity contribution is 5.78. The number of piperazine rings is 1. The Balaban J connectivity index is 1.15. The van der Waals surface area contributed by atoms with Crippen LogP contribution in [0.3, 0.4) is 0 Å². The van der Waals surface area contributed by atoms with Gasteiger partial charge in [-0.05, 0) is 49.7 Å². The van der Waals surface area contributed by atoms with E-state index in [1.54, 1.807) is 30.6 Å². The first-order valence-corrected chi connectivity index (χ1v) is 11.3. The number of carbonyl (C=O) groups excluding carboxylic acids is 1. The highest BCUT2D eigenvalue weighted by Crippen LogP contribution is 2.27. The summed E-state index contributed by atoms with van der Waals surface area (Å²) in [6.07, 6.45) is 5.37. The summed E-state index contributed by atoms with van der Waals surface area (Å²) < 4.78 is 18.7. The standard InChI is InChI=1S/C23H26FN7O2/c24-19-6-4-17(5-7-19)21-27-22(33-28-21)18-3-1-10-29(15-18)16-20(32)30-11-13-31(14-12-30)23-25-8-2-9-26-23/h2,4-9,18H,1,3,10-16H2. The zero-order valence-corrected chi connectivity index (χ0v) is 18.3. The van der Waals surface area contributed by atoms with E-state index in [1.807, 2.05) is 4.90 Å². The summed E-state index contributed by atoms with van der Waals surface area (Å²) in [6.45, 7) is 4.75. The number of hydrogen-bond donors (Lipinski definition) is 0. The molecule has 2 saturated heterocycles. The normalized spacial score (nSPS) is 19.6. The minimum Gasteiger partial charge on any atom is -0.339 e. The fourth-order valence-electron chi connectivity index (χ4n) is 4.42. The quantitative estimate of drug-likeness (QED) is 0.583. The van der Waals surface area contributed by atoms with Gasteiger partial charge in [0.1, 0.15) is 5.82 Å². The maximum Gasteiger partial charge on any atom is 0.236 e. The number of amides is 1. The highest BCUT2D eigenvalue weighted by atomic mass is 19.1. The number of carbonyl (C=O) groups is 1. The van der Waals surface area contributed by atoms with Crippen molar-refractivity contribution in [3.63, 3.8) is 0 Å². The van der Waals surface area contributed by atoms with Gasteiger partial charge in [-0.3, -0.25) is 9.69 Å². The third-order valence-electron chi connectivity index (χ3n) is 6.23. The Bertz CT molecular complexity index is 1070. The van der Waals surface area contributed by atoms with E-state index < -0.39 is 0 Å². The zero-order chi connectivity index (χ0) is 22.6. The van der Waals surface area contributed by atoms with Gasteiger partial charge in [0, 0.05) is 50.7 Å². The van der Waals surface area contributed by atoms with Gasteiger partial charge in [0.2, 0.25) is 23.6 Å². The van der Waals surface area contributed by atoms with E-state index >= 15 is 0 Å². The van der Waals surface area contributed by atoms with Crippen molar-refractivity contribution in [1.82, 2.24) is 29.9 Å². The van der Waals surface area contributed by atoms with Crippen LogP contribution in [0, 0.1) is 5.82 Å². The van der Waals surface area contributed by atoms with Gasteiger partial charge in [-0.2, -0.15) is 4.98 Å². The molecule has 2 aromatic heterocycles. The molecule has 1 aromatic carbocycles. The van der Waals surface area contributed by atoms with Crippen molar-refractivity contribution in [1.29, 1.82) is 0 Å². The molecule has 1 amide bonds. The van der Waals surface area contributed by atoms with Crippen molar-refractivity contribution >= 4 is 11.9 Å². The minimum absolute atomic E-state index is 0.0836. The Hall–Kier alpha value is -3.40. The fourth-order valence-corrected chi connectivity index (χ4v) is 4.42. The molecule has 10 heteroatoms. The van der Waals surface area contributed by atoms with Crippen LogP contribution in [0.25, 0.3) is 11.4 Å². The van der Waals surface area contributed by atoms with E-state index in [-0.39, 0.29) is 17.6 Å². The highest BCUT2D eigenvalue weighted by Gasteiger charge is 2.29. The largest absolute Gasteiger partial charge is 0.339 e. The SMILES string of the molecule is O=C(CN1CCCC(c2nc(-c3ccc(F)cc3)no2)C1)N1CCN(c2ncccn2)CC1. The minimum atomic E-state index is -0.301. The van der Waals surface area contributed by atoms with E-state index in [4.69, 9.17) is 4.52 Å². The third-order valence-corrected chi connectivity index (χ3v) is 6.23. The van der Waals surface area contributed by atoms with Crippen molar-refractivity contribution in [2.45, 2.75) is 18.8 Å². The summed E-state index contributed by atoms with van der Waals surface area (Å²) in [5, 5.41) is 4.07. The number of hydrogen-bond acceptors (Lipinski definition) is 8. The van der Waals surface area contributed by atoms with Crippen LogP contribution in [0.15, 0.2) is 47.2 Å². The van der Waals surface area contributed by atoms with Gasteiger partial charge in [-0.25, -0.2) is 14.4 Å². The summed E-state index contributed by atoms with van der Waals surface area (Å²) in [7, 11) is 0. The molecule has 0 bridgehead atoms. The summed E-state index contributed by atoms with van der Waals surface area (Å²) >= 11 is 0. The van der Waals surface area contributed by atoms with Crippen molar-refractivity contribution in [2.24, 2.45) is 0 Å². The van der Waals surface area contributed by atoms with Gasteiger partial charge in [0.25, 0.3) is 0 Å². The Labute approximate surface area is 191 Å². The predicted molar refractivity (Wildman–Crippen MR) is 119 cm³/mol. The average Bonchev–Trinajstić information content (AvgIpc) is 3.36. The van der Waals surface area contributed by atoms with E-state index in [0.29, 0.717) is 49.4 Å². The lowest BCUT2D eigenvalue weighted by atomic mass is 9.98. The van der Waals surface area contributed by atoms with Crippen LogP contribution in [0.4, 0.5) is 10.3 Å². The lowest BCUT2D eigenvalue weighted by Crippen LogP contribution is -2.52. The Kier molecular flexibility index (Phi) is 6.25. The molecule has 4 heterocycles. The molecule has 2 aliphatic rings.